The topological polar surface area (TPSA) is 38.5 Å². The molecule has 0 amide bonds. The first kappa shape index (κ1) is 10.8. The highest BCUT2D eigenvalue weighted by molar-refractivity contribution is 4.74. The molecule has 1 rings (SSSR count). The van der Waals surface area contributed by atoms with Crippen LogP contribution in [-0.2, 0) is 4.84 Å². The number of rotatable bonds is 2. The fraction of sp³-hybridized carbons (Fsp3) is 1.00. The maximum Gasteiger partial charge on any atom is 0.0834 e. The quantitative estimate of drug-likeness (QED) is 0.606. The van der Waals surface area contributed by atoms with E-state index in [9.17, 15) is 4.39 Å². The minimum absolute atomic E-state index is 0.500. The van der Waals surface area contributed by atoms with Gasteiger partial charge in [0, 0.05) is 6.04 Å². The zero-order valence-corrected chi connectivity index (χ0v) is 7.22. The maximum atomic E-state index is 9.50. The molecule has 1 saturated heterocycles. The van der Waals surface area contributed by atoms with Crippen molar-refractivity contribution in [2.24, 2.45) is 5.90 Å². The standard InChI is InChI=1S/C6H14N2O.CH3F/c1-8-4-2-3-6(8)5-9-7;1-2/h6H,2-5,7H2,1H3;1H3. The lowest BCUT2D eigenvalue weighted by Gasteiger charge is -2.16. The molecule has 1 heterocycles. The van der Waals surface area contributed by atoms with Gasteiger partial charge < -0.3 is 9.74 Å². The van der Waals surface area contributed by atoms with Crippen molar-refractivity contribution in [1.82, 2.24) is 4.90 Å². The van der Waals surface area contributed by atoms with Gasteiger partial charge in [0.25, 0.3) is 0 Å². The van der Waals surface area contributed by atoms with Crippen molar-refractivity contribution < 1.29 is 9.23 Å². The van der Waals surface area contributed by atoms with Gasteiger partial charge in [0.15, 0.2) is 0 Å². The van der Waals surface area contributed by atoms with Crippen LogP contribution < -0.4 is 5.90 Å². The van der Waals surface area contributed by atoms with E-state index < -0.39 is 0 Å². The van der Waals surface area contributed by atoms with E-state index in [2.05, 4.69) is 16.8 Å². The fourth-order valence-corrected chi connectivity index (χ4v) is 1.30. The van der Waals surface area contributed by atoms with Gasteiger partial charge in [-0.2, -0.15) is 0 Å². The van der Waals surface area contributed by atoms with Gasteiger partial charge in [-0.15, -0.1) is 0 Å². The maximum absolute atomic E-state index is 9.50. The molecule has 0 spiro atoms. The summed E-state index contributed by atoms with van der Waals surface area (Å²) in [5.74, 6) is 4.94. The Morgan fingerprint density at radius 1 is 1.64 bits per heavy atom. The molecule has 0 radical (unpaired) electrons. The van der Waals surface area contributed by atoms with E-state index in [4.69, 9.17) is 5.90 Å². The van der Waals surface area contributed by atoms with E-state index in [0.717, 1.165) is 0 Å². The molecule has 1 aliphatic rings. The Bertz CT molecular complexity index is 92.5. The molecule has 1 aliphatic heterocycles. The first-order valence-corrected chi connectivity index (χ1v) is 3.74. The third-order valence-electron chi connectivity index (χ3n) is 1.96. The summed E-state index contributed by atoms with van der Waals surface area (Å²) in [7, 11) is 2.61. The Morgan fingerprint density at radius 3 is 2.64 bits per heavy atom. The van der Waals surface area contributed by atoms with Crippen LogP contribution in [0, 0.1) is 0 Å². The molecule has 1 unspecified atom stereocenters. The molecule has 0 saturated carbocycles. The van der Waals surface area contributed by atoms with Gasteiger partial charge in [-0.25, -0.2) is 5.90 Å². The normalized spacial score (nSPS) is 24.5. The van der Waals surface area contributed by atoms with Gasteiger partial charge in [0.1, 0.15) is 0 Å². The van der Waals surface area contributed by atoms with Crippen LogP contribution >= 0.6 is 0 Å². The second kappa shape index (κ2) is 6.52. The predicted octanol–water partition coefficient (Wildman–Crippen LogP) is 0.557. The van der Waals surface area contributed by atoms with Crippen molar-refractivity contribution in [3.63, 3.8) is 0 Å². The smallest absolute Gasteiger partial charge is 0.0834 e. The van der Waals surface area contributed by atoms with Gasteiger partial charge >= 0.3 is 0 Å². The summed E-state index contributed by atoms with van der Waals surface area (Å²) in [6, 6.07) is 0.565. The second-order valence-electron chi connectivity index (χ2n) is 2.61. The molecule has 0 aliphatic carbocycles. The van der Waals surface area contributed by atoms with Gasteiger partial charge in [0.05, 0.1) is 13.8 Å². The Kier molecular flexibility index (Phi) is 6.40. The molecule has 1 fully saturated rings. The number of alkyl halides is 1. The Labute approximate surface area is 67.3 Å². The number of nitrogens with two attached hydrogens (primary N) is 1. The molecular formula is C7H17FN2O. The highest BCUT2D eigenvalue weighted by atomic mass is 19.1. The molecule has 1 atom stereocenters. The lowest BCUT2D eigenvalue weighted by atomic mass is 10.2. The highest BCUT2D eigenvalue weighted by Crippen LogP contribution is 2.13. The minimum atomic E-state index is 0.500. The van der Waals surface area contributed by atoms with Crippen LogP contribution in [-0.4, -0.2) is 38.3 Å². The highest BCUT2D eigenvalue weighted by Gasteiger charge is 2.19. The summed E-state index contributed by atoms with van der Waals surface area (Å²) in [6.45, 7) is 1.87. The number of likely N-dealkylation sites (N-methyl/N-ethyl adjacent to an activating group) is 1. The van der Waals surface area contributed by atoms with Crippen LogP contribution in [0.25, 0.3) is 0 Å². The van der Waals surface area contributed by atoms with Gasteiger partial charge in [-0.1, -0.05) is 0 Å². The number of likely N-dealkylation sites (tertiary alicyclic amines) is 1. The molecule has 0 aromatic heterocycles. The summed E-state index contributed by atoms with van der Waals surface area (Å²) < 4.78 is 9.50. The molecule has 3 nitrogen and oxygen atoms in total. The van der Waals surface area contributed by atoms with Crippen LogP contribution in [0.5, 0.6) is 0 Å². The summed E-state index contributed by atoms with van der Waals surface area (Å²) in [5, 5.41) is 0. The van der Waals surface area contributed by atoms with Crippen molar-refractivity contribution in [1.29, 1.82) is 0 Å². The van der Waals surface area contributed by atoms with Gasteiger partial charge in [-0.05, 0) is 26.4 Å². The fourth-order valence-electron chi connectivity index (χ4n) is 1.30. The van der Waals surface area contributed by atoms with Crippen molar-refractivity contribution in [2.75, 3.05) is 27.4 Å². The summed E-state index contributed by atoms with van der Waals surface area (Å²) in [6.07, 6.45) is 2.51. The second-order valence-corrected chi connectivity index (χ2v) is 2.61. The Balaban J connectivity index is 0.000000461. The van der Waals surface area contributed by atoms with E-state index in [-0.39, 0.29) is 0 Å². The third kappa shape index (κ3) is 3.65. The van der Waals surface area contributed by atoms with E-state index >= 15 is 0 Å². The largest absolute Gasteiger partial charge is 0.303 e. The molecule has 0 aromatic carbocycles. The van der Waals surface area contributed by atoms with E-state index in [1.54, 1.807) is 0 Å². The van der Waals surface area contributed by atoms with Crippen molar-refractivity contribution in [3.05, 3.63) is 0 Å². The third-order valence-corrected chi connectivity index (χ3v) is 1.96. The molecule has 2 N–H and O–H groups in total. The summed E-state index contributed by atoms with van der Waals surface area (Å²) >= 11 is 0. The first-order valence-electron chi connectivity index (χ1n) is 3.74. The van der Waals surface area contributed by atoms with E-state index in [0.29, 0.717) is 19.8 Å². The first-order chi connectivity index (χ1) is 5.34. The predicted molar refractivity (Wildman–Crippen MR) is 42.8 cm³/mol. The monoisotopic (exact) mass is 164 g/mol. The average Bonchev–Trinajstić information content (AvgIpc) is 2.42. The number of hydrogen-bond donors (Lipinski definition) is 1. The number of halogens is 1. The zero-order valence-electron chi connectivity index (χ0n) is 7.22. The van der Waals surface area contributed by atoms with Crippen molar-refractivity contribution in [3.8, 4) is 0 Å². The average molecular weight is 164 g/mol. The minimum Gasteiger partial charge on any atom is -0.303 e. The van der Waals surface area contributed by atoms with Crippen LogP contribution in [0.2, 0.25) is 0 Å². The van der Waals surface area contributed by atoms with Gasteiger partial charge in [0.2, 0.25) is 0 Å². The van der Waals surface area contributed by atoms with Gasteiger partial charge in [-0.3, -0.25) is 4.39 Å². The Morgan fingerprint density at radius 2 is 2.27 bits per heavy atom. The van der Waals surface area contributed by atoms with Crippen LogP contribution in [0.15, 0.2) is 0 Å². The molecule has 4 heteroatoms. The summed E-state index contributed by atoms with van der Waals surface area (Å²) in [4.78, 5) is 6.84. The van der Waals surface area contributed by atoms with Crippen molar-refractivity contribution >= 4 is 0 Å². The van der Waals surface area contributed by atoms with Crippen LogP contribution in [0.3, 0.4) is 0 Å². The van der Waals surface area contributed by atoms with E-state index in [1.165, 1.54) is 19.4 Å². The number of nitrogens with zero attached hydrogens (tertiary/aromatic N) is 1. The lowest BCUT2D eigenvalue weighted by Crippen LogP contribution is -2.30. The van der Waals surface area contributed by atoms with Crippen molar-refractivity contribution in [2.45, 2.75) is 18.9 Å². The molecule has 0 aromatic rings. The molecule has 11 heavy (non-hydrogen) atoms. The zero-order chi connectivity index (χ0) is 8.69. The SMILES string of the molecule is CF.CN1CCCC1CON. The van der Waals surface area contributed by atoms with E-state index in [1.807, 2.05) is 0 Å². The summed E-state index contributed by atoms with van der Waals surface area (Å²) in [5.41, 5.74) is 0. The molecule has 68 valence electrons. The number of hydrogen-bond acceptors (Lipinski definition) is 3. The molecule has 0 bridgehead atoms. The lowest BCUT2D eigenvalue weighted by molar-refractivity contribution is 0.0870. The van der Waals surface area contributed by atoms with Crippen LogP contribution in [0.4, 0.5) is 4.39 Å². The van der Waals surface area contributed by atoms with Crippen LogP contribution in [0.1, 0.15) is 12.8 Å². The molecular weight excluding hydrogens is 147 g/mol. The Hall–Kier alpha value is -0.190.